The largest absolute Gasteiger partial charge is 0.466 e. The van der Waals surface area contributed by atoms with E-state index in [0.29, 0.717) is 54.8 Å². The zero-order valence-electron chi connectivity index (χ0n) is 19.3. The Labute approximate surface area is 215 Å². The molecule has 0 saturated carbocycles. The van der Waals surface area contributed by atoms with Gasteiger partial charge >= 0.3 is 5.97 Å². The molecule has 4 aliphatic rings. The highest BCUT2D eigenvalue weighted by Gasteiger charge is 2.65. The summed E-state index contributed by atoms with van der Waals surface area (Å²) in [4.78, 5) is 36.8. The van der Waals surface area contributed by atoms with E-state index in [0.717, 1.165) is 0 Å². The van der Waals surface area contributed by atoms with Gasteiger partial charge < -0.3 is 20.1 Å². The molecule has 0 bridgehead atoms. The lowest BCUT2D eigenvalue weighted by Gasteiger charge is -2.62. The minimum atomic E-state index is -0.832. The molecule has 0 radical (unpaired) electrons. The summed E-state index contributed by atoms with van der Waals surface area (Å²) >= 11 is 7.83. The number of carbonyl (C=O) groups excluding carboxylic acids is 2. The van der Waals surface area contributed by atoms with Gasteiger partial charge in [-0.3, -0.25) is 14.7 Å². The number of rotatable bonds is 5. The molecule has 3 unspecified atom stereocenters. The fraction of sp³-hybridized carbons (Fsp3) is 0.417. The van der Waals surface area contributed by atoms with E-state index in [-0.39, 0.29) is 34.0 Å². The first-order chi connectivity index (χ1) is 17.4. The summed E-state index contributed by atoms with van der Waals surface area (Å²) in [5.74, 6) is -0.574. The third-order valence-corrected chi connectivity index (χ3v) is 8.64. The van der Waals surface area contributed by atoms with Crippen LogP contribution in [0.1, 0.15) is 23.0 Å². The number of benzene rings is 1. The molecule has 2 N–H and O–H groups in total. The molecule has 0 aliphatic carbocycles. The van der Waals surface area contributed by atoms with Crippen LogP contribution in [0.3, 0.4) is 0 Å². The van der Waals surface area contributed by atoms with Crippen molar-refractivity contribution in [3.8, 4) is 0 Å². The second-order valence-corrected chi connectivity index (χ2v) is 10.6. The van der Waals surface area contributed by atoms with E-state index in [2.05, 4.69) is 20.5 Å². The Morgan fingerprint density at radius 1 is 1.42 bits per heavy atom. The molecule has 1 aromatic carbocycles. The van der Waals surface area contributed by atoms with Crippen molar-refractivity contribution in [2.75, 3.05) is 33.4 Å². The second-order valence-electron chi connectivity index (χ2n) is 9.33. The van der Waals surface area contributed by atoms with E-state index in [1.807, 2.05) is 5.38 Å². The van der Waals surface area contributed by atoms with Crippen molar-refractivity contribution in [2.45, 2.75) is 24.5 Å². The number of esters is 1. The molecule has 1 spiro atoms. The van der Waals surface area contributed by atoms with Crippen LogP contribution in [0.2, 0.25) is 5.02 Å². The highest BCUT2D eigenvalue weighted by Crippen LogP contribution is 2.51. The lowest BCUT2D eigenvalue weighted by Crippen LogP contribution is -2.77. The Balaban J connectivity index is 1.43. The first-order valence-electron chi connectivity index (χ1n) is 11.5. The zero-order chi connectivity index (χ0) is 25.0. The summed E-state index contributed by atoms with van der Waals surface area (Å²) < 4.78 is 24.8. The van der Waals surface area contributed by atoms with Gasteiger partial charge in [0.1, 0.15) is 11.9 Å². The van der Waals surface area contributed by atoms with Gasteiger partial charge in [0.2, 0.25) is 5.91 Å². The van der Waals surface area contributed by atoms with Gasteiger partial charge in [0.05, 0.1) is 25.9 Å². The Kier molecular flexibility index (Phi) is 5.83. The number of halogens is 2. The lowest BCUT2D eigenvalue weighted by atomic mass is 9.63. The van der Waals surface area contributed by atoms with Crippen LogP contribution >= 0.6 is 22.9 Å². The van der Waals surface area contributed by atoms with Gasteiger partial charge in [-0.2, -0.15) is 0 Å². The van der Waals surface area contributed by atoms with E-state index in [4.69, 9.17) is 26.1 Å². The second kappa shape index (κ2) is 8.91. The van der Waals surface area contributed by atoms with Crippen LogP contribution in [0.15, 0.2) is 46.0 Å². The summed E-state index contributed by atoms with van der Waals surface area (Å²) in [5.41, 5.74) is 1.22. The molecule has 3 saturated heterocycles. The average molecular weight is 532 g/mol. The number of likely N-dealkylation sites (tertiary alicyclic amines) is 1. The number of amidine groups is 1. The Morgan fingerprint density at radius 3 is 3.03 bits per heavy atom. The number of piperidine rings is 1. The average Bonchev–Trinajstić information content (AvgIpc) is 3.52. The molecule has 1 amide bonds. The van der Waals surface area contributed by atoms with Gasteiger partial charge in [-0.25, -0.2) is 14.2 Å². The third kappa shape index (κ3) is 3.64. The van der Waals surface area contributed by atoms with Crippen molar-refractivity contribution in [1.82, 2.24) is 20.5 Å². The molecule has 6 rings (SSSR count). The molecular weight excluding hydrogens is 509 g/mol. The summed E-state index contributed by atoms with van der Waals surface area (Å²) in [7, 11) is 1.31. The quantitative estimate of drug-likeness (QED) is 0.569. The first-order valence-corrected chi connectivity index (χ1v) is 12.8. The Hall–Kier alpha value is -2.86. The van der Waals surface area contributed by atoms with Gasteiger partial charge in [-0.05, 0) is 12.1 Å². The number of ether oxygens (including phenoxy) is 2. The number of hydrogen-bond donors (Lipinski definition) is 2. The predicted molar refractivity (Wildman–Crippen MR) is 130 cm³/mol. The fourth-order valence-corrected chi connectivity index (χ4v) is 6.68. The third-order valence-electron chi connectivity index (χ3n) is 7.53. The SMILES string of the molecule is COC(=O)C1=C(CN2C3COCC34CNC(=O)CC24)NC(c2nccs2)=N[C@H]1c1ccc(F)cc1Cl. The van der Waals surface area contributed by atoms with Crippen molar-refractivity contribution in [3.63, 3.8) is 0 Å². The van der Waals surface area contributed by atoms with Crippen molar-refractivity contribution < 1.29 is 23.5 Å². The number of thiazole rings is 1. The predicted octanol–water partition coefficient (Wildman–Crippen LogP) is 2.04. The highest BCUT2D eigenvalue weighted by molar-refractivity contribution is 7.11. The molecule has 36 heavy (non-hydrogen) atoms. The smallest absolute Gasteiger partial charge is 0.338 e. The number of nitrogens with one attached hydrogen (secondary N) is 2. The molecule has 3 fully saturated rings. The molecule has 188 valence electrons. The number of aliphatic imine (C=N–C) groups is 1. The summed E-state index contributed by atoms with van der Waals surface area (Å²) in [6, 6.07) is 3.28. The molecule has 12 heteroatoms. The van der Waals surface area contributed by atoms with Gasteiger partial charge in [0.15, 0.2) is 10.8 Å². The molecule has 2 aromatic rings. The van der Waals surface area contributed by atoms with Crippen LogP contribution in [-0.2, 0) is 19.1 Å². The van der Waals surface area contributed by atoms with Gasteiger partial charge in [0.25, 0.3) is 0 Å². The maximum Gasteiger partial charge on any atom is 0.338 e. The van der Waals surface area contributed by atoms with Crippen molar-refractivity contribution >= 4 is 40.6 Å². The molecule has 4 aliphatic heterocycles. The van der Waals surface area contributed by atoms with Crippen molar-refractivity contribution in [1.29, 1.82) is 0 Å². The molecule has 1 aromatic heterocycles. The summed E-state index contributed by atoms with van der Waals surface area (Å²) in [6.45, 7) is 2.06. The summed E-state index contributed by atoms with van der Waals surface area (Å²) in [6.07, 6.45) is 2.03. The van der Waals surface area contributed by atoms with E-state index in [9.17, 15) is 14.0 Å². The maximum atomic E-state index is 13.9. The molecule has 9 nitrogen and oxygen atoms in total. The number of carbonyl (C=O) groups is 2. The van der Waals surface area contributed by atoms with Crippen LogP contribution in [0.4, 0.5) is 4.39 Å². The Morgan fingerprint density at radius 2 is 2.28 bits per heavy atom. The molecule has 5 heterocycles. The number of hydrogen-bond acceptors (Lipinski definition) is 9. The van der Waals surface area contributed by atoms with Crippen LogP contribution < -0.4 is 10.6 Å². The van der Waals surface area contributed by atoms with Crippen molar-refractivity contribution in [3.05, 3.63) is 62.5 Å². The van der Waals surface area contributed by atoms with Crippen molar-refractivity contribution in [2.24, 2.45) is 10.4 Å². The van der Waals surface area contributed by atoms with Gasteiger partial charge in [-0.1, -0.05) is 17.7 Å². The Bertz CT molecular complexity index is 1300. The number of aromatic nitrogens is 1. The number of amides is 1. The topological polar surface area (TPSA) is 105 Å². The molecular formula is C24H23ClFN5O4S. The highest BCUT2D eigenvalue weighted by atomic mass is 35.5. The van der Waals surface area contributed by atoms with Gasteiger partial charge in [-0.15, -0.1) is 11.3 Å². The minimum Gasteiger partial charge on any atom is -0.466 e. The fourth-order valence-electron chi connectivity index (χ4n) is 5.82. The van der Waals surface area contributed by atoms with E-state index in [1.165, 1.54) is 36.6 Å². The van der Waals surface area contributed by atoms with Crippen LogP contribution in [-0.4, -0.2) is 73.1 Å². The standard InChI is InChI=1S/C24H23ClFN5O4S/c1-34-23(33)19-15(8-31-16-7-18(32)28-10-24(16)11-35-9-17(24)31)29-21(22-27-4-5-36-22)30-20(19)13-3-2-12(26)6-14(13)25/h2-6,16-17,20H,7-11H2,1H3,(H,28,32)(H,29,30)/t16?,17?,20-,24?/m0/s1. The minimum absolute atomic E-state index is 0.000701. The first kappa shape index (κ1) is 23.5. The normalized spacial score (nSPS) is 29.5. The van der Waals surface area contributed by atoms with Crippen LogP contribution in [0.5, 0.6) is 0 Å². The molecule has 4 atom stereocenters. The maximum absolute atomic E-state index is 13.9. The van der Waals surface area contributed by atoms with E-state index >= 15 is 0 Å². The van der Waals surface area contributed by atoms with E-state index in [1.54, 1.807) is 6.20 Å². The van der Waals surface area contributed by atoms with Gasteiger partial charge in [0, 0.05) is 64.9 Å². The van der Waals surface area contributed by atoms with Crippen LogP contribution in [0.25, 0.3) is 0 Å². The number of nitrogens with zero attached hydrogens (tertiary/aromatic N) is 3. The van der Waals surface area contributed by atoms with Crippen LogP contribution in [0, 0.1) is 11.2 Å². The zero-order valence-corrected chi connectivity index (χ0v) is 20.9. The monoisotopic (exact) mass is 531 g/mol. The van der Waals surface area contributed by atoms with E-state index < -0.39 is 17.8 Å². The number of methoxy groups -OCH3 is 1. The lowest BCUT2D eigenvalue weighted by molar-refractivity contribution is -0.150. The summed E-state index contributed by atoms with van der Waals surface area (Å²) in [5, 5.41) is 8.92.